The number of fused-ring (bicyclic) bond motifs is 6. The minimum atomic E-state index is 0.494. The molecule has 4 unspecified atom stereocenters. The predicted octanol–water partition coefficient (Wildman–Crippen LogP) is 3.12. The molecule has 0 aromatic rings. The van der Waals surface area contributed by atoms with Gasteiger partial charge >= 0.3 is 0 Å². The van der Waals surface area contributed by atoms with Gasteiger partial charge in [-0.1, -0.05) is 23.3 Å². The van der Waals surface area contributed by atoms with Gasteiger partial charge in [0.2, 0.25) is 0 Å². The van der Waals surface area contributed by atoms with Crippen LogP contribution in [0.25, 0.3) is 0 Å². The fourth-order valence-electron chi connectivity index (χ4n) is 3.93. The van der Waals surface area contributed by atoms with Crippen molar-refractivity contribution in [1.82, 2.24) is 0 Å². The van der Waals surface area contributed by atoms with Crippen LogP contribution in [-0.2, 0) is 4.79 Å². The molecule has 3 aliphatic carbocycles. The van der Waals surface area contributed by atoms with Gasteiger partial charge in [0.15, 0.2) is 0 Å². The van der Waals surface area contributed by atoms with Crippen LogP contribution in [0.3, 0.4) is 0 Å². The van der Waals surface area contributed by atoms with E-state index in [4.69, 9.17) is 0 Å². The molecule has 0 aromatic heterocycles. The molecule has 80 valence electrons. The highest BCUT2D eigenvalue weighted by molar-refractivity contribution is 5.81. The highest BCUT2D eigenvalue weighted by Gasteiger charge is 2.46. The Kier molecular flexibility index (Phi) is 1.92. The van der Waals surface area contributed by atoms with Crippen molar-refractivity contribution in [2.24, 2.45) is 23.7 Å². The van der Waals surface area contributed by atoms with Gasteiger partial charge in [-0.25, -0.2) is 0 Å². The van der Waals surface area contributed by atoms with Crippen LogP contribution in [0, 0.1) is 23.7 Å². The Hall–Kier alpha value is -0.850. The van der Waals surface area contributed by atoms with Gasteiger partial charge in [0.05, 0.1) is 0 Å². The maximum Gasteiger partial charge on any atom is 0.134 e. The summed E-state index contributed by atoms with van der Waals surface area (Å²) in [5.41, 5.74) is 3.09. The maximum atomic E-state index is 11.7. The van der Waals surface area contributed by atoms with Gasteiger partial charge in [-0.05, 0) is 43.9 Å². The molecule has 0 radical (unpaired) electrons. The molecule has 1 nitrogen and oxygen atoms in total. The molecular formula is C14H18O. The van der Waals surface area contributed by atoms with Crippen LogP contribution in [0.15, 0.2) is 23.3 Å². The molecule has 0 heterocycles. The first-order valence-electron chi connectivity index (χ1n) is 6.04. The van der Waals surface area contributed by atoms with E-state index >= 15 is 0 Å². The average molecular weight is 202 g/mol. The smallest absolute Gasteiger partial charge is 0.134 e. The van der Waals surface area contributed by atoms with Crippen LogP contribution in [0.1, 0.15) is 33.1 Å². The number of carbonyl (C=O) groups is 1. The van der Waals surface area contributed by atoms with E-state index in [1.54, 1.807) is 5.57 Å². The molecule has 15 heavy (non-hydrogen) atoms. The average Bonchev–Trinajstić information content (AvgIpc) is 2.60. The summed E-state index contributed by atoms with van der Waals surface area (Å²) in [6.45, 7) is 4.44. The van der Waals surface area contributed by atoms with Crippen molar-refractivity contribution in [3.63, 3.8) is 0 Å². The lowest BCUT2D eigenvalue weighted by Gasteiger charge is -2.43. The number of ketones is 1. The summed E-state index contributed by atoms with van der Waals surface area (Å²) in [5.74, 6) is 2.93. The molecular weight excluding hydrogens is 184 g/mol. The second-order valence-electron chi connectivity index (χ2n) is 5.56. The van der Waals surface area contributed by atoms with Gasteiger partial charge in [-0.2, -0.15) is 0 Å². The van der Waals surface area contributed by atoms with Crippen molar-refractivity contribution in [3.8, 4) is 0 Å². The SMILES string of the molecule is CC(C)=C1C2CC(=O)CC1C1C=CC2C1. The van der Waals surface area contributed by atoms with Gasteiger partial charge in [-0.15, -0.1) is 0 Å². The first-order valence-corrected chi connectivity index (χ1v) is 6.04. The summed E-state index contributed by atoms with van der Waals surface area (Å²) in [7, 11) is 0. The van der Waals surface area contributed by atoms with Crippen molar-refractivity contribution in [2.45, 2.75) is 33.1 Å². The van der Waals surface area contributed by atoms with E-state index in [2.05, 4.69) is 26.0 Å². The predicted molar refractivity (Wildman–Crippen MR) is 60.3 cm³/mol. The van der Waals surface area contributed by atoms with Gasteiger partial charge in [-0.3, -0.25) is 4.79 Å². The van der Waals surface area contributed by atoms with Crippen molar-refractivity contribution in [3.05, 3.63) is 23.3 Å². The minimum Gasteiger partial charge on any atom is -0.300 e. The van der Waals surface area contributed by atoms with Crippen molar-refractivity contribution < 1.29 is 4.79 Å². The second kappa shape index (κ2) is 3.07. The Balaban J connectivity index is 2.08. The Labute approximate surface area is 91.2 Å². The van der Waals surface area contributed by atoms with E-state index < -0.39 is 0 Å². The van der Waals surface area contributed by atoms with Gasteiger partial charge < -0.3 is 0 Å². The summed E-state index contributed by atoms with van der Waals surface area (Å²) in [5, 5.41) is 0. The maximum absolute atomic E-state index is 11.7. The van der Waals surface area contributed by atoms with Crippen molar-refractivity contribution >= 4 is 5.78 Å². The highest BCUT2D eigenvalue weighted by Crippen LogP contribution is 2.53. The molecule has 0 spiro atoms. The molecule has 0 aliphatic heterocycles. The standard InChI is InChI=1S/C14H18O/c1-8(2)14-12-6-11(15)7-13(14)10-4-3-9(12)5-10/h3-4,9-10,12-13H,5-7H2,1-2H3. The summed E-state index contributed by atoms with van der Waals surface area (Å²) < 4.78 is 0. The van der Waals surface area contributed by atoms with Gasteiger partial charge in [0.25, 0.3) is 0 Å². The number of carbonyl (C=O) groups excluding carboxylic acids is 1. The van der Waals surface area contributed by atoms with Crippen molar-refractivity contribution in [1.29, 1.82) is 0 Å². The minimum absolute atomic E-state index is 0.494. The zero-order valence-electron chi connectivity index (χ0n) is 9.49. The summed E-state index contributed by atoms with van der Waals surface area (Å²) in [6.07, 6.45) is 7.66. The Morgan fingerprint density at radius 1 is 1.13 bits per heavy atom. The first kappa shape index (κ1) is 9.38. The zero-order chi connectivity index (χ0) is 10.6. The molecule has 4 atom stereocenters. The van der Waals surface area contributed by atoms with Crippen LogP contribution in [-0.4, -0.2) is 5.78 Å². The van der Waals surface area contributed by atoms with Crippen LogP contribution in [0.2, 0.25) is 0 Å². The molecule has 4 bridgehead atoms. The molecule has 3 rings (SSSR count). The van der Waals surface area contributed by atoms with E-state index in [1.165, 1.54) is 12.0 Å². The topological polar surface area (TPSA) is 17.1 Å². The third-order valence-corrected chi connectivity index (χ3v) is 4.45. The second-order valence-corrected chi connectivity index (χ2v) is 5.56. The molecule has 0 saturated heterocycles. The van der Waals surface area contributed by atoms with Crippen LogP contribution >= 0.6 is 0 Å². The molecule has 1 heteroatoms. The van der Waals surface area contributed by atoms with Crippen molar-refractivity contribution in [2.75, 3.05) is 0 Å². The van der Waals surface area contributed by atoms with Crippen LogP contribution in [0.4, 0.5) is 0 Å². The molecule has 2 fully saturated rings. The first-order chi connectivity index (χ1) is 7.16. The third kappa shape index (κ3) is 1.25. The van der Waals surface area contributed by atoms with Crippen LogP contribution in [0.5, 0.6) is 0 Å². The lowest BCUT2D eigenvalue weighted by molar-refractivity contribution is -0.123. The highest BCUT2D eigenvalue weighted by atomic mass is 16.1. The van der Waals surface area contributed by atoms with Gasteiger partial charge in [0, 0.05) is 12.8 Å². The fraction of sp³-hybridized carbons (Fsp3) is 0.643. The van der Waals surface area contributed by atoms with E-state index in [0.717, 1.165) is 12.8 Å². The molecule has 2 saturated carbocycles. The molecule has 0 amide bonds. The van der Waals surface area contributed by atoms with Gasteiger partial charge in [0.1, 0.15) is 5.78 Å². The molecule has 0 aromatic carbocycles. The lowest BCUT2D eigenvalue weighted by Crippen LogP contribution is -2.37. The Morgan fingerprint density at radius 3 is 2.13 bits per heavy atom. The Bertz CT molecular complexity index is 345. The number of rotatable bonds is 0. The third-order valence-electron chi connectivity index (χ3n) is 4.45. The number of hydrogen-bond donors (Lipinski definition) is 0. The van der Waals surface area contributed by atoms with E-state index in [-0.39, 0.29) is 0 Å². The normalized spacial score (nSPS) is 42.3. The number of Topliss-reactive ketones (excluding diaryl/α,β-unsaturated/α-hetero) is 1. The molecule has 3 aliphatic rings. The van der Waals surface area contributed by atoms with E-state index in [9.17, 15) is 4.79 Å². The monoisotopic (exact) mass is 202 g/mol. The summed E-state index contributed by atoms with van der Waals surface area (Å²) in [4.78, 5) is 11.7. The summed E-state index contributed by atoms with van der Waals surface area (Å²) >= 11 is 0. The van der Waals surface area contributed by atoms with E-state index in [0.29, 0.717) is 29.5 Å². The number of hydrogen-bond acceptors (Lipinski definition) is 1. The quantitative estimate of drug-likeness (QED) is 0.551. The Morgan fingerprint density at radius 2 is 1.67 bits per heavy atom. The summed E-state index contributed by atoms with van der Waals surface area (Å²) in [6, 6.07) is 0. The van der Waals surface area contributed by atoms with E-state index in [1.807, 2.05) is 0 Å². The zero-order valence-corrected chi connectivity index (χ0v) is 9.49. The largest absolute Gasteiger partial charge is 0.300 e. The molecule has 0 N–H and O–H groups in total. The lowest BCUT2D eigenvalue weighted by atomic mass is 9.61. The number of allylic oxidation sites excluding steroid dienone is 4. The fourth-order valence-corrected chi connectivity index (χ4v) is 3.93. The van der Waals surface area contributed by atoms with Crippen LogP contribution < -0.4 is 0 Å².